The zero-order chi connectivity index (χ0) is 10.6. The Morgan fingerprint density at radius 3 is 2.29 bits per heavy atom. The fraction of sp³-hybridized carbons (Fsp3) is 1.00. The highest BCUT2D eigenvalue weighted by atomic mass is 16.6. The van der Waals surface area contributed by atoms with Gasteiger partial charge in [0.25, 0.3) is 0 Å². The summed E-state index contributed by atoms with van der Waals surface area (Å²) in [6.07, 6.45) is -0.490. The molecule has 2 rings (SSSR count). The molecule has 0 amide bonds. The third-order valence-electron chi connectivity index (χ3n) is 4.24. The van der Waals surface area contributed by atoms with E-state index in [2.05, 4.69) is 20.8 Å². The minimum Gasteiger partial charge on any atom is -0.388 e. The molecule has 0 aromatic heterocycles. The molecule has 1 N–H and O–H groups in total. The lowest BCUT2D eigenvalue weighted by molar-refractivity contribution is -0.100. The molecule has 0 aromatic carbocycles. The molecule has 14 heavy (non-hydrogen) atoms. The third kappa shape index (κ3) is 1.03. The molecule has 3 heteroatoms. The molecule has 2 fully saturated rings. The van der Waals surface area contributed by atoms with Crippen molar-refractivity contribution in [1.82, 2.24) is 0 Å². The molecule has 4 atom stereocenters. The summed E-state index contributed by atoms with van der Waals surface area (Å²) in [6, 6.07) is 0. The summed E-state index contributed by atoms with van der Waals surface area (Å²) < 4.78 is 11.6. The molecule has 0 spiro atoms. The molecule has 0 bridgehead atoms. The molecule has 2 aliphatic heterocycles. The SMILES string of the molecule is CC(C)[C@H]1CO[C@@]2(C)[C@@H](O)CO[C@@]12C. The van der Waals surface area contributed by atoms with Crippen LogP contribution in [0.1, 0.15) is 27.7 Å². The molecule has 2 saturated heterocycles. The van der Waals surface area contributed by atoms with Crippen LogP contribution in [0.2, 0.25) is 0 Å². The van der Waals surface area contributed by atoms with E-state index in [0.29, 0.717) is 25.0 Å². The quantitative estimate of drug-likeness (QED) is 0.691. The zero-order valence-electron chi connectivity index (χ0n) is 9.41. The van der Waals surface area contributed by atoms with Gasteiger partial charge in [0.1, 0.15) is 17.3 Å². The van der Waals surface area contributed by atoms with Gasteiger partial charge >= 0.3 is 0 Å². The van der Waals surface area contributed by atoms with Gasteiger partial charge in [-0.25, -0.2) is 0 Å². The van der Waals surface area contributed by atoms with Crippen LogP contribution < -0.4 is 0 Å². The number of rotatable bonds is 1. The largest absolute Gasteiger partial charge is 0.388 e. The van der Waals surface area contributed by atoms with E-state index < -0.39 is 11.7 Å². The molecular weight excluding hydrogens is 180 g/mol. The van der Waals surface area contributed by atoms with Crippen molar-refractivity contribution in [2.45, 2.75) is 45.0 Å². The Hall–Kier alpha value is -0.120. The number of hydrogen-bond acceptors (Lipinski definition) is 3. The first-order chi connectivity index (χ1) is 6.42. The van der Waals surface area contributed by atoms with E-state index in [0.717, 1.165) is 0 Å². The van der Waals surface area contributed by atoms with Crippen LogP contribution in [0.3, 0.4) is 0 Å². The standard InChI is InChI=1S/C11H20O3/c1-7(2)8-5-13-11(4)9(12)6-14-10(8,11)3/h7-9,12H,5-6H2,1-4H3/t8-,9+,10+,11+/m1/s1. The van der Waals surface area contributed by atoms with E-state index in [1.807, 2.05) is 6.92 Å². The van der Waals surface area contributed by atoms with Gasteiger partial charge in [0.05, 0.1) is 13.2 Å². The van der Waals surface area contributed by atoms with E-state index in [4.69, 9.17) is 9.47 Å². The highest BCUT2D eigenvalue weighted by Gasteiger charge is 2.65. The molecule has 0 unspecified atom stereocenters. The van der Waals surface area contributed by atoms with E-state index in [-0.39, 0.29) is 5.60 Å². The minimum atomic E-state index is -0.512. The Bertz CT molecular complexity index is 241. The Labute approximate surface area is 85.4 Å². The molecule has 3 nitrogen and oxygen atoms in total. The predicted octanol–water partition coefficient (Wildman–Crippen LogP) is 1.20. The molecule has 82 valence electrons. The van der Waals surface area contributed by atoms with Crippen molar-refractivity contribution in [2.24, 2.45) is 11.8 Å². The topological polar surface area (TPSA) is 38.7 Å². The Kier molecular flexibility index (Phi) is 2.18. The van der Waals surface area contributed by atoms with E-state index in [1.54, 1.807) is 0 Å². The van der Waals surface area contributed by atoms with Crippen LogP contribution in [-0.2, 0) is 9.47 Å². The zero-order valence-corrected chi connectivity index (χ0v) is 9.41. The third-order valence-corrected chi connectivity index (χ3v) is 4.24. The van der Waals surface area contributed by atoms with Crippen LogP contribution in [0.25, 0.3) is 0 Å². The van der Waals surface area contributed by atoms with Gasteiger partial charge in [-0.1, -0.05) is 13.8 Å². The molecule has 0 aromatic rings. The van der Waals surface area contributed by atoms with Crippen molar-refractivity contribution < 1.29 is 14.6 Å². The van der Waals surface area contributed by atoms with Crippen molar-refractivity contribution in [3.63, 3.8) is 0 Å². The average Bonchev–Trinajstić information content (AvgIpc) is 2.47. The maximum atomic E-state index is 9.87. The van der Waals surface area contributed by atoms with Crippen LogP contribution in [-0.4, -0.2) is 35.6 Å². The first-order valence-electron chi connectivity index (χ1n) is 5.38. The van der Waals surface area contributed by atoms with E-state index in [9.17, 15) is 5.11 Å². The van der Waals surface area contributed by atoms with Gasteiger partial charge in [0.2, 0.25) is 0 Å². The second-order valence-electron chi connectivity index (χ2n) is 5.20. The van der Waals surface area contributed by atoms with Crippen LogP contribution in [0, 0.1) is 11.8 Å². The van der Waals surface area contributed by atoms with E-state index in [1.165, 1.54) is 0 Å². The lowest BCUT2D eigenvalue weighted by Gasteiger charge is -2.37. The first-order valence-corrected chi connectivity index (χ1v) is 5.38. The van der Waals surface area contributed by atoms with Crippen LogP contribution >= 0.6 is 0 Å². The highest BCUT2D eigenvalue weighted by Crippen LogP contribution is 2.51. The molecular formula is C11H20O3. The van der Waals surface area contributed by atoms with Gasteiger partial charge in [0.15, 0.2) is 0 Å². The highest BCUT2D eigenvalue weighted by molar-refractivity contribution is 5.13. The Morgan fingerprint density at radius 1 is 1.14 bits per heavy atom. The molecule has 0 aliphatic carbocycles. The summed E-state index contributed by atoms with van der Waals surface area (Å²) in [5, 5.41) is 9.87. The fourth-order valence-corrected chi connectivity index (χ4v) is 2.85. The van der Waals surface area contributed by atoms with Gasteiger partial charge in [-0.2, -0.15) is 0 Å². The fourth-order valence-electron chi connectivity index (χ4n) is 2.85. The normalized spacial score (nSPS) is 52.7. The monoisotopic (exact) mass is 200 g/mol. The van der Waals surface area contributed by atoms with Crippen LogP contribution in [0.15, 0.2) is 0 Å². The van der Waals surface area contributed by atoms with Crippen molar-refractivity contribution in [3.8, 4) is 0 Å². The van der Waals surface area contributed by atoms with Crippen molar-refractivity contribution in [1.29, 1.82) is 0 Å². The van der Waals surface area contributed by atoms with Gasteiger partial charge < -0.3 is 14.6 Å². The predicted molar refractivity (Wildman–Crippen MR) is 53.0 cm³/mol. The summed E-state index contributed by atoms with van der Waals surface area (Å²) in [6.45, 7) is 9.49. The van der Waals surface area contributed by atoms with Crippen molar-refractivity contribution >= 4 is 0 Å². The number of aliphatic hydroxyl groups is 1. The first kappa shape index (κ1) is 10.4. The maximum absolute atomic E-state index is 9.87. The van der Waals surface area contributed by atoms with Gasteiger partial charge in [-0.15, -0.1) is 0 Å². The minimum absolute atomic E-state index is 0.319. The molecule has 2 aliphatic rings. The smallest absolute Gasteiger partial charge is 0.122 e. The molecule has 0 saturated carbocycles. The van der Waals surface area contributed by atoms with Crippen molar-refractivity contribution in [3.05, 3.63) is 0 Å². The summed E-state index contributed by atoms with van der Waals surface area (Å²) in [7, 11) is 0. The van der Waals surface area contributed by atoms with Gasteiger partial charge in [-0.05, 0) is 19.8 Å². The lowest BCUT2D eigenvalue weighted by Crippen LogP contribution is -2.52. The molecule has 2 heterocycles. The van der Waals surface area contributed by atoms with Gasteiger partial charge in [-0.3, -0.25) is 0 Å². The number of aliphatic hydroxyl groups excluding tert-OH is 1. The Balaban J connectivity index is 2.32. The summed E-state index contributed by atoms with van der Waals surface area (Å²) in [5.41, 5.74) is -0.831. The maximum Gasteiger partial charge on any atom is 0.122 e. The second kappa shape index (κ2) is 2.94. The number of hydrogen-bond donors (Lipinski definition) is 1. The summed E-state index contributed by atoms with van der Waals surface area (Å²) in [5.74, 6) is 0.900. The van der Waals surface area contributed by atoms with Crippen LogP contribution in [0.5, 0.6) is 0 Å². The molecule has 0 radical (unpaired) electrons. The van der Waals surface area contributed by atoms with Crippen LogP contribution in [0.4, 0.5) is 0 Å². The second-order valence-corrected chi connectivity index (χ2v) is 5.20. The number of ether oxygens (including phenoxy) is 2. The average molecular weight is 200 g/mol. The van der Waals surface area contributed by atoms with Gasteiger partial charge in [0, 0.05) is 5.92 Å². The lowest BCUT2D eigenvalue weighted by atomic mass is 9.74. The summed E-state index contributed by atoms with van der Waals surface area (Å²) >= 11 is 0. The van der Waals surface area contributed by atoms with E-state index >= 15 is 0 Å². The Morgan fingerprint density at radius 2 is 1.71 bits per heavy atom. The number of fused-ring (bicyclic) bond motifs is 1. The summed E-state index contributed by atoms with van der Waals surface area (Å²) in [4.78, 5) is 0. The van der Waals surface area contributed by atoms with Crippen molar-refractivity contribution in [2.75, 3.05) is 13.2 Å².